The van der Waals surface area contributed by atoms with Gasteiger partial charge in [-0.2, -0.15) is 0 Å². The molecule has 0 aromatic carbocycles. The molecular formula is C14H22N4O3. The van der Waals surface area contributed by atoms with Crippen molar-refractivity contribution in [1.29, 1.82) is 0 Å². The van der Waals surface area contributed by atoms with Crippen molar-refractivity contribution in [3.8, 4) is 0 Å². The summed E-state index contributed by atoms with van der Waals surface area (Å²) < 4.78 is 1.44. The lowest BCUT2D eigenvalue weighted by Crippen LogP contribution is -2.41. The van der Waals surface area contributed by atoms with Crippen molar-refractivity contribution in [3.05, 3.63) is 11.4 Å². The molecule has 21 heavy (non-hydrogen) atoms. The van der Waals surface area contributed by atoms with Gasteiger partial charge in [-0.1, -0.05) is 25.5 Å². The van der Waals surface area contributed by atoms with Gasteiger partial charge in [-0.15, -0.1) is 5.10 Å². The standard InChI is InChI=1S/C14H22N4O3/c1-3-5-11-13(14(20)21)15-16-18(11)9-12(19)17-7-4-6-10(2)8-17/h10H,3-9H2,1-2H3,(H,20,21). The summed E-state index contributed by atoms with van der Waals surface area (Å²) in [7, 11) is 0. The molecule has 1 aromatic rings. The van der Waals surface area contributed by atoms with Gasteiger partial charge in [0, 0.05) is 13.1 Å². The summed E-state index contributed by atoms with van der Waals surface area (Å²) in [6.07, 6.45) is 3.50. The number of hydrogen-bond acceptors (Lipinski definition) is 4. The van der Waals surface area contributed by atoms with Gasteiger partial charge in [-0.05, 0) is 25.2 Å². The zero-order valence-corrected chi connectivity index (χ0v) is 12.6. The maximum Gasteiger partial charge on any atom is 0.358 e. The minimum Gasteiger partial charge on any atom is -0.476 e. The molecule has 1 amide bonds. The van der Waals surface area contributed by atoms with Crippen molar-refractivity contribution in [3.63, 3.8) is 0 Å². The first-order valence-electron chi connectivity index (χ1n) is 7.46. The van der Waals surface area contributed by atoms with E-state index in [1.54, 1.807) is 0 Å². The number of amides is 1. The highest BCUT2D eigenvalue weighted by atomic mass is 16.4. The van der Waals surface area contributed by atoms with Crippen molar-refractivity contribution in [1.82, 2.24) is 19.9 Å². The van der Waals surface area contributed by atoms with Crippen LogP contribution >= 0.6 is 0 Å². The first-order valence-corrected chi connectivity index (χ1v) is 7.46. The third-order valence-corrected chi connectivity index (χ3v) is 3.82. The molecule has 1 aliphatic heterocycles. The minimum absolute atomic E-state index is 0.0132. The summed E-state index contributed by atoms with van der Waals surface area (Å²) in [6.45, 7) is 5.70. The number of rotatable bonds is 5. The molecule has 116 valence electrons. The number of hydrogen-bond donors (Lipinski definition) is 1. The molecule has 0 spiro atoms. The molecule has 0 aliphatic carbocycles. The molecule has 0 radical (unpaired) electrons. The van der Waals surface area contributed by atoms with E-state index in [2.05, 4.69) is 17.2 Å². The first-order chi connectivity index (χ1) is 10.0. The van der Waals surface area contributed by atoms with Crippen LogP contribution in [0, 0.1) is 5.92 Å². The molecule has 2 heterocycles. The monoisotopic (exact) mass is 294 g/mol. The molecule has 2 rings (SSSR count). The topological polar surface area (TPSA) is 88.3 Å². The number of carboxylic acids is 1. The van der Waals surface area contributed by atoms with Crippen LogP contribution < -0.4 is 0 Å². The number of carboxylic acid groups (broad SMARTS) is 1. The predicted molar refractivity (Wildman–Crippen MR) is 76.0 cm³/mol. The Kier molecular flexibility index (Phi) is 4.93. The number of aromatic nitrogens is 3. The normalized spacial score (nSPS) is 18.8. The third kappa shape index (κ3) is 3.59. The van der Waals surface area contributed by atoms with Crippen LogP contribution in [0.25, 0.3) is 0 Å². The highest BCUT2D eigenvalue weighted by molar-refractivity contribution is 5.86. The van der Waals surface area contributed by atoms with Gasteiger partial charge in [0.15, 0.2) is 5.69 Å². The molecule has 0 saturated carbocycles. The fraction of sp³-hybridized carbons (Fsp3) is 0.714. The summed E-state index contributed by atoms with van der Waals surface area (Å²) in [5.41, 5.74) is 0.486. The van der Waals surface area contributed by atoms with Crippen LogP contribution in [0.3, 0.4) is 0 Å². The molecule has 7 nitrogen and oxygen atoms in total. The Hall–Kier alpha value is -1.92. The maximum absolute atomic E-state index is 12.3. The summed E-state index contributed by atoms with van der Waals surface area (Å²) in [4.78, 5) is 25.3. The van der Waals surface area contributed by atoms with Crippen molar-refractivity contribution in [2.24, 2.45) is 5.92 Å². The van der Waals surface area contributed by atoms with Crippen LogP contribution in [0.4, 0.5) is 0 Å². The molecule has 1 unspecified atom stereocenters. The van der Waals surface area contributed by atoms with Crippen LogP contribution in [0.5, 0.6) is 0 Å². The zero-order chi connectivity index (χ0) is 15.4. The lowest BCUT2D eigenvalue weighted by molar-refractivity contribution is -0.133. The van der Waals surface area contributed by atoms with Crippen LogP contribution in [0.15, 0.2) is 0 Å². The van der Waals surface area contributed by atoms with Crippen LogP contribution in [0.2, 0.25) is 0 Å². The van der Waals surface area contributed by atoms with E-state index in [4.69, 9.17) is 5.11 Å². The second-order valence-corrected chi connectivity index (χ2v) is 5.68. The number of piperidine rings is 1. The highest BCUT2D eigenvalue weighted by Crippen LogP contribution is 2.16. The minimum atomic E-state index is -1.09. The summed E-state index contributed by atoms with van der Waals surface area (Å²) in [5, 5.41) is 16.7. The quantitative estimate of drug-likeness (QED) is 0.881. The van der Waals surface area contributed by atoms with Crippen molar-refractivity contribution >= 4 is 11.9 Å². The second kappa shape index (κ2) is 6.69. The lowest BCUT2D eigenvalue weighted by Gasteiger charge is -2.31. The Morgan fingerprint density at radius 3 is 2.81 bits per heavy atom. The van der Waals surface area contributed by atoms with E-state index in [9.17, 15) is 9.59 Å². The number of aromatic carboxylic acids is 1. The second-order valence-electron chi connectivity index (χ2n) is 5.68. The van der Waals surface area contributed by atoms with E-state index in [-0.39, 0.29) is 18.1 Å². The molecule has 1 aliphatic rings. The fourth-order valence-electron chi connectivity index (χ4n) is 2.75. The molecule has 1 aromatic heterocycles. The van der Waals surface area contributed by atoms with Gasteiger partial charge in [0.25, 0.3) is 0 Å². The van der Waals surface area contributed by atoms with Crippen molar-refractivity contribution < 1.29 is 14.7 Å². The SMILES string of the molecule is CCCc1c(C(=O)O)nnn1CC(=O)N1CCCC(C)C1. The van der Waals surface area contributed by atoms with Crippen molar-refractivity contribution in [2.75, 3.05) is 13.1 Å². The maximum atomic E-state index is 12.3. The molecule has 7 heteroatoms. The Morgan fingerprint density at radius 2 is 2.19 bits per heavy atom. The zero-order valence-electron chi connectivity index (χ0n) is 12.6. The Balaban J connectivity index is 2.11. The van der Waals surface area contributed by atoms with E-state index >= 15 is 0 Å². The van der Waals surface area contributed by atoms with Gasteiger partial charge in [-0.25, -0.2) is 9.48 Å². The molecule has 1 atom stereocenters. The van der Waals surface area contributed by atoms with Crippen molar-refractivity contribution in [2.45, 2.75) is 46.1 Å². The Labute approximate surface area is 123 Å². The van der Waals surface area contributed by atoms with E-state index in [1.165, 1.54) is 4.68 Å². The summed E-state index contributed by atoms with van der Waals surface area (Å²) >= 11 is 0. The van der Waals surface area contributed by atoms with Crippen LogP contribution in [-0.4, -0.2) is 50.0 Å². The molecular weight excluding hydrogens is 272 g/mol. The van der Waals surface area contributed by atoms with Gasteiger partial charge < -0.3 is 10.0 Å². The summed E-state index contributed by atoms with van der Waals surface area (Å²) in [6, 6.07) is 0. The highest BCUT2D eigenvalue weighted by Gasteiger charge is 2.24. The number of carbonyl (C=O) groups is 2. The van der Waals surface area contributed by atoms with Crippen LogP contribution in [-0.2, 0) is 17.8 Å². The van der Waals surface area contributed by atoms with Crippen LogP contribution in [0.1, 0.15) is 49.3 Å². The molecule has 0 bridgehead atoms. The fourth-order valence-corrected chi connectivity index (χ4v) is 2.75. The van der Waals surface area contributed by atoms with Gasteiger partial charge in [0.2, 0.25) is 5.91 Å². The largest absolute Gasteiger partial charge is 0.476 e. The Morgan fingerprint density at radius 1 is 1.43 bits per heavy atom. The molecule has 1 saturated heterocycles. The third-order valence-electron chi connectivity index (χ3n) is 3.82. The lowest BCUT2D eigenvalue weighted by atomic mass is 10.0. The Bertz CT molecular complexity index is 526. The van der Waals surface area contributed by atoms with Gasteiger partial charge in [0.1, 0.15) is 6.54 Å². The van der Waals surface area contributed by atoms with Gasteiger partial charge in [-0.3, -0.25) is 4.79 Å². The molecule has 1 N–H and O–H groups in total. The first kappa shape index (κ1) is 15.5. The van der Waals surface area contributed by atoms with E-state index < -0.39 is 5.97 Å². The smallest absolute Gasteiger partial charge is 0.358 e. The van der Waals surface area contributed by atoms with E-state index in [1.807, 2.05) is 11.8 Å². The predicted octanol–water partition coefficient (Wildman–Crippen LogP) is 1.19. The van der Waals surface area contributed by atoms with E-state index in [0.717, 1.165) is 32.4 Å². The summed E-state index contributed by atoms with van der Waals surface area (Å²) in [5.74, 6) is -0.590. The molecule has 1 fully saturated rings. The number of carbonyl (C=O) groups excluding carboxylic acids is 1. The average molecular weight is 294 g/mol. The van der Waals surface area contributed by atoms with E-state index in [0.29, 0.717) is 18.0 Å². The van der Waals surface area contributed by atoms with Gasteiger partial charge >= 0.3 is 5.97 Å². The number of nitrogens with zero attached hydrogens (tertiary/aromatic N) is 4. The van der Waals surface area contributed by atoms with Gasteiger partial charge in [0.05, 0.1) is 5.69 Å². The average Bonchev–Trinajstić information content (AvgIpc) is 2.82. The number of likely N-dealkylation sites (tertiary alicyclic amines) is 1.